The van der Waals surface area contributed by atoms with Crippen LogP contribution in [0.3, 0.4) is 0 Å². The predicted octanol–water partition coefficient (Wildman–Crippen LogP) is 8.98. The van der Waals surface area contributed by atoms with E-state index >= 15 is 0 Å². The minimum absolute atomic E-state index is 0.406. The summed E-state index contributed by atoms with van der Waals surface area (Å²) in [6.45, 7) is 3.94. The summed E-state index contributed by atoms with van der Waals surface area (Å²) in [7, 11) is 0. The lowest BCUT2D eigenvalue weighted by molar-refractivity contribution is 0.127. The molecule has 0 aliphatic carbocycles. The SMILES string of the molecule is CCCCCCCCCCCCCCCCOCCCc1cc2ccccc2cc1-n1cnc2c(N)ncnc21. The van der Waals surface area contributed by atoms with Crippen LogP contribution >= 0.6 is 0 Å². The standard InChI is InChI=1S/C34H49N5O/c1-2-3-4-5-6-7-8-9-10-11-12-13-14-17-22-40-23-18-21-30-24-28-19-15-16-20-29(28)25-31(30)39-27-38-32-33(35)36-26-37-34(32)39/h15-16,19-20,24-27H,2-14,17-18,21-23H2,1H3,(H2,35,36,37). The van der Waals surface area contributed by atoms with Crippen LogP contribution in [0.2, 0.25) is 0 Å². The van der Waals surface area contributed by atoms with E-state index in [4.69, 9.17) is 10.5 Å². The Balaban J connectivity index is 1.13. The number of anilines is 1. The number of nitrogen functional groups attached to an aromatic ring is 1. The molecule has 2 aromatic carbocycles. The first-order chi connectivity index (χ1) is 19.8. The average molecular weight is 544 g/mol. The summed E-state index contributed by atoms with van der Waals surface area (Å²) in [4.78, 5) is 13.0. The van der Waals surface area contributed by atoms with Gasteiger partial charge in [0.2, 0.25) is 0 Å². The predicted molar refractivity (Wildman–Crippen MR) is 168 cm³/mol. The summed E-state index contributed by atoms with van der Waals surface area (Å²) < 4.78 is 8.04. The Morgan fingerprint density at radius 3 is 1.98 bits per heavy atom. The van der Waals surface area contributed by atoms with Crippen molar-refractivity contribution in [2.24, 2.45) is 0 Å². The van der Waals surface area contributed by atoms with Crippen molar-refractivity contribution in [3.05, 3.63) is 54.6 Å². The zero-order valence-corrected chi connectivity index (χ0v) is 24.6. The number of nitrogens with zero attached hydrogens (tertiary/aromatic N) is 4. The van der Waals surface area contributed by atoms with Crippen LogP contribution in [0.1, 0.15) is 109 Å². The number of benzene rings is 2. The number of ether oxygens (including phenoxy) is 1. The number of hydrogen-bond acceptors (Lipinski definition) is 5. The molecule has 6 nitrogen and oxygen atoms in total. The minimum Gasteiger partial charge on any atom is -0.382 e. The van der Waals surface area contributed by atoms with Crippen LogP contribution in [-0.2, 0) is 11.2 Å². The lowest BCUT2D eigenvalue weighted by Crippen LogP contribution is -2.04. The van der Waals surface area contributed by atoms with Gasteiger partial charge in [-0.15, -0.1) is 0 Å². The van der Waals surface area contributed by atoms with Gasteiger partial charge < -0.3 is 10.5 Å². The van der Waals surface area contributed by atoms with Crippen LogP contribution < -0.4 is 5.73 Å². The van der Waals surface area contributed by atoms with E-state index in [0.29, 0.717) is 11.3 Å². The molecular weight excluding hydrogens is 494 g/mol. The summed E-state index contributed by atoms with van der Waals surface area (Å²) in [6.07, 6.45) is 24.6. The number of nitrogens with two attached hydrogens (primary N) is 1. The lowest BCUT2D eigenvalue weighted by atomic mass is 10.0. The molecule has 216 valence electrons. The minimum atomic E-state index is 0.406. The Labute approximate surface area is 240 Å². The molecule has 0 amide bonds. The fraction of sp³-hybridized carbons (Fsp3) is 0.559. The van der Waals surface area contributed by atoms with Crippen LogP contribution in [0, 0.1) is 0 Å². The van der Waals surface area contributed by atoms with Gasteiger partial charge >= 0.3 is 0 Å². The monoisotopic (exact) mass is 543 g/mol. The first-order valence-corrected chi connectivity index (χ1v) is 15.8. The molecule has 6 heteroatoms. The lowest BCUT2D eigenvalue weighted by Gasteiger charge is -2.13. The highest BCUT2D eigenvalue weighted by Gasteiger charge is 2.13. The van der Waals surface area contributed by atoms with E-state index in [1.807, 2.05) is 4.57 Å². The fourth-order valence-electron chi connectivity index (χ4n) is 5.59. The molecule has 0 spiro atoms. The third-order valence-corrected chi connectivity index (χ3v) is 7.95. The van der Waals surface area contributed by atoms with Gasteiger partial charge in [0.15, 0.2) is 17.0 Å². The van der Waals surface area contributed by atoms with Gasteiger partial charge in [-0.05, 0) is 47.7 Å². The highest BCUT2D eigenvalue weighted by molar-refractivity contribution is 5.88. The van der Waals surface area contributed by atoms with Crippen molar-refractivity contribution in [3.63, 3.8) is 0 Å². The summed E-state index contributed by atoms with van der Waals surface area (Å²) in [5.74, 6) is 0.406. The second-order valence-corrected chi connectivity index (χ2v) is 11.2. The van der Waals surface area contributed by atoms with Gasteiger partial charge in [0.05, 0.1) is 5.69 Å². The van der Waals surface area contributed by atoms with Gasteiger partial charge in [-0.2, -0.15) is 0 Å². The molecule has 2 N–H and O–H groups in total. The second kappa shape index (κ2) is 17.0. The Hall–Kier alpha value is -2.99. The van der Waals surface area contributed by atoms with Gasteiger partial charge in [0.1, 0.15) is 12.7 Å². The van der Waals surface area contributed by atoms with E-state index in [1.54, 1.807) is 6.33 Å². The van der Waals surface area contributed by atoms with E-state index in [2.05, 4.69) is 58.3 Å². The van der Waals surface area contributed by atoms with E-state index in [0.717, 1.165) is 37.4 Å². The summed E-state index contributed by atoms with van der Waals surface area (Å²) >= 11 is 0. The first kappa shape index (κ1) is 30.0. The highest BCUT2D eigenvalue weighted by atomic mass is 16.5. The molecule has 0 aliphatic heterocycles. The van der Waals surface area contributed by atoms with Crippen molar-refractivity contribution >= 4 is 27.8 Å². The van der Waals surface area contributed by atoms with Crippen molar-refractivity contribution < 1.29 is 4.74 Å². The summed E-state index contributed by atoms with van der Waals surface area (Å²) in [5, 5.41) is 2.43. The van der Waals surface area contributed by atoms with Crippen LogP contribution in [0.25, 0.3) is 27.6 Å². The van der Waals surface area contributed by atoms with Gasteiger partial charge in [0, 0.05) is 13.2 Å². The number of aryl methyl sites for hydroxylation is 1. The Kier molecular flexibility index (Phi) is 12.7. The molecule has 40 heavy (non-hydrogen) atoms. The van der Waals surface area contributed by atoms with Crippen molar-refractivity contribution in [2.75, 3.05) is 18.9 Å². The summed E-state index contributed by atoms with van der Waals surface area (Å²) in [6, 6.07) is 13.0. The third-order valence-electron chi connectivity index (χ3n) is 7.95. The molecule has 0 atom stereocenters. The second-order valence-electron chi connectivity index (χ2n) is 11.2. The summed E-state index contributed by atoms with van der Waals surface area (Å²) in [5.41, 5.74) is 9.76. The molecule has 4 aromatic rings. The smallest absolute Gasteiger partial charge is 0.170 e. The normalized spacial score (nSPS) is 11.6. The van der Waals surface area contributed by atoms with Gasteiger partial charge in [-0.1, -0.05) is 115 Å². The number of unbranched alkanes of at least 4 members (excludes halogenated alkanes) is 13. The Morgan fingerprint density at radius 1 is 0.700 bits per heavy atom. The van der Waals surface area contributed by atoms with Crippen molar-refractivity contribution in [3.8, 4) is 5.69 Å². The molecule has 0 fully saturated rings. The molecule has 0 bridgehead atoms. The maximum absolute atomic E-state index is 6.04. The van der Waals surface area contributed by atoms with E-state index in [-0.39, 0.29) is 0 Å². The third kappa shape index (κ3) is 9.02. The number of hydrogen-bond donors (Lipinski definition) is 1. The van der Waals surface area contributed by atoms with E-state index in [9.17, 15) is 0 Å². The van der Waals surface area contributed by atoms with Crippen molar-refractivity contribution in [1.29, 1.82) is 0 Å². The molecule has 0 unspecified atom stereocenters. The first-order valence-electron chi connectivity index (χ1n) is 15.8. The molecule has 0 radical (unpaired) electrons. The number of fused-ring (bicyclic) bond motifs is 2. The molecular formula is C34H49N5O. The van der Waals surface area contributed by atoms with Gasteiger partial charge in [0.25, 0.3) is 0 Å². The number of imidazole rings is 1. The molecule has 0 aliphatic rings. The highest BCUT2D eigenvalue weighted by Crippen LogP contribution is 2.27. The van der Waals surface area contributed by atoms with E-state index < -0.39 is 0 Å². The quantitative estimate of drug-likeness (QED) is 0.113. The zero-order chi connectivity index (χ0) is 27.8. The van der Waals surface area contributed by atoms with Crippen LogP contribution in [-0.4, -0.2) is 32.7 Å². The zero-order valence-electron chi connectivity index (χ0n) is 24.6. The molecule has 2 heterocycles. The Bertz CT molecular complexity index is 1280. The molecule has 0 saturated carbocycles. The fourth-order valence-corrected chi connectivity index (χ4v) is 5.59. The Morgan fingerprint density at radius 2 is 1.30 bits per heavy atom. The van der Waals surface area contributed by atoms with Crippen molar-refractivity contribution in [1.82, 2.24) is 19.5 Å². The molecule has 0 saturated heterocycles. The number of rotatable bonds is 20. The average Bonchev–Trinajstić information content (AvgIpc) is 3.41. The largest absolute Gasteiger partial charge is 0.382 e. The van der Waals surface area contributed by atoms with Crippen LogP contribution in [0.5, 0.6) is 0 Å². The van der Waals surface area contributed by atoms with Gasteiger partial charge in [-0.25, -0.2) is 15.0 Å². The van der Waals surface area contributed by atoms with Gasteiger partial charge in [-0.3, -0.25) is 4.57 Å². The number of aromatic nitrogens is 4. The maximum atomic E-state index is 6.04. The molecule has 2 aromatic heterocycles. The maximum Gasteiger partial charge on any atom is 0.170 e. The van der Waals surface area contributed by atoms with Crippen molar-refractivity contribution in [2.45, 2.75) is 110 Å². The molecule has 4 rings (SSSR count). The van der Waals surface area contributed by atoms with E-state index in [1.165, 1.54) is 113 Å². The van der Waals surface area contributed by atoms with Crippen LogP contribution in [0.4, 0.5) is 5.82 Å². The van der Waals surface area contributed by atoms with Crippen LogP contribution in [0.15, 0.2) is 49.1 Å². The topological polar surface area (TPSA) is 78.9 Å².